The van der Waals surface area contributed by atoms with Crippen LogP contribution in [0.3, 0.4) is 0 Å². The number of carbonyl (C=O) groups excluding carboxylic acids is 2. The Hall–Kier alpha value is -1.82. The molecule has 0 fully saturated rings. The molecule has 2 heterocycles. The highest BCUT2D eigenvalue weighted by molar-refractivity contribution is 7.16. The van der Waals surface area contributed by atoms with Gasteiger partial charge in [0.2, 0.25) is 5.91 Å². The summed E-state index contributed by atoms with van der Waals surface area (Å²) in [6.07, 6.45) is 1.94. The Morgan fingerprint density at radius 2 is 2.21 bits per heavy atom. The second kappa shape index (κ2) is 5.44. The second-order valence-corrected chi connectivity index (χ2v) is 5.29. The summed E-state index contributed by atoms with van der Waals surface area (Å²) in [7, 11) is 1.60. The summed E-state index contributed by atoms with van der Waals surface area (Å²) in [5.74, 6) is -0.384. The first-order valence-electron chi connectivity index (χ1n) is 6.02. The standard InChI is InChI=1S/C13H16N2O3S/c1-8(2)18-13(17)10-4-5-15-9(6-11(16)14-3)7-19-12(10)15/h4-5,7-8H,6H2,1-3H3,(H,14,16). The van der Waals surface area contributed by atoms with Crippen LogP contribution in [0.15, 0.2) is 17.6 Å². The number of esters is 1. The van der Waals surface area contributed by atoms with Gasteiger partial charge in [0.05, 0.1) is 18.1 Å². The van der Waals surface area contributed by atoms with Crippen LogP contribution in [-0.2, 0) is 16.0 Å². The van der Waals surface area contributed by atoms with E-state index in [0.29, 0.717) is 12.0 Å². The molecule has 1 N–H and O–H groups in total. The zero-order valence-corrected chi connectivity index (χ0v) is 11.9. The molecule has 0 aromatic carbocycles. The van der Waals surface area contributed by atoms with E-state index in [2.05, 4.69) is 5.32 Å². The van der Waals surface area contributed by atoms with Crippen molar-refractivity contribution in [3.8, 4) is 0 Å². The lowest BCUT2D eigenvalue weighted by Gasteiger charge is -2.05. The number of aromatic nitrogens is 1. The predicted molar refractivity (Wildman–Crippen MR) is 73.6 cm³/mol. The van der Waals surface area contributed by atoms with Crippen LogP contribution in [0.2, 0.25) is 0 Å². The van der Waals surface area contributed by atoms with Gasteiger partial charge in [-0.25, -0.2) is 4.79 Å². The van der Waals surface area contributed by atoms with Gasteiger partial charge >= 0.3 is 5.97 Å². The van der Waals surface area contributed by atoms with Crippen LogP contribution in [0.1, 0.15) is 29.9 Å². The summed E-state index contributed by atoms with van der Waals surface area (Å²) in [6.45, 7) is 3.63. The quantitative estimate of drug-likeness (QED) is 0.870. The largest absolute Gasteiger partial charge is 0.459 e. The molecule has 5 nitrogen and oxygen atoms in total. The molecule has 102 valence electrons. The molecule has 0 spiro atoms. The van der Waals surface area contributed by atoms with Gasteiger partial charge in [0.15, 0.2) is 0 Å². The molecule has 0 bridgehead atoms. The maximum absolute atomic E-state index is 11.9. The summed E-state index contributed by atoms with van der Waals surface area (Å²) in [5, 5.41) is 4.47. The van der Waals surface area contributed by atoms with Crippen LogP contribution in [0, 0.1) is 0 Å². The number of nitrogens with one attached hydrogen (secondary N) is 1. The van der Waals surface area contributed by atoms with Crippen molar-refractivity contribution in [2.75, 3.05) is 7.05 Å². The van der Waals surface area contributed by atoms with E-state index in [0.717, 1.165) is 10.5 Å². The van der Waals surface area contributed by atoms with Gasteiger partial charge in [0, 0.05) is 24.3 Å². The lowest BCUT2D eigenvalue weighted by molar-refractivity contribution is -0.120. The molecule has 0 radical (unpaired) electrons. The monoisotopic (exact) mass is 280 g/mol. The average Bonchev–Trinajstić information content (AvgIpc) is 2.90. The molecule has 0 aliphatic heterocycles. The molecule has 0 atom stereocenters. The molecule has 0 aliphatic rings. The van der Waals surface area contributed by atoms with Crippen molar-refractivity contribution in [3.63, 3.8) is 0 Å². The number of hydrogen-bond acceptors (Lipinski definition) is 4. The van der Waals surface area contributed by atoms with E-state index in [1.54, 1.807) is 19.3 Å². The Balaban J connectivity index is 2.30. The number of ether oxygens (including phenoxy) is 1. The smallest absolute Gasteiger partial charge is 0.341 e. The Bertz CT molecular complexity index is 612. The first kappa shape index (κ1) is 13.6. The number of hydrogen-bond donors (Lipinski definition) is 1. The minimum absolute atomic E-state index is 0.0558. The van der Waals surface area contributed by atoms with E-state index >= 15 is 0 Å². The van der Waals surface area contributed by atoms with Crippen LogP contribution in [0.5, 0.6) is 0 Å². The van der Waals surface area contributed by atoms with Crippen LogP contribution in [0.4, 0.5) is 0 Å². The molecule has 19 heavy (non-hydrogen) atoms. The van der Waals surface area contributed by atoms with Crippen LogP contribution in [0.25, 0.3) is 4.83 Å². The lowest BCUT2D eigenvalue weighted by Crippen LogP contribution is -2.20. The van der Waals surface area contributed by atoms with Crippen molar-refractivity contribution in [3.05, 3.63) is 28.9 Å². The molecular formula is C13H16N2O3S. The van der Waals surface area contributed by atoms with Crippen LogP contribution < -0.4 is 5.32 Å². The van der Waals surface area contributed by atoms with Crippen molar-refractivity contribution in [1.29, 1.82) is 0 Å². The Morgan fingerprint density at radius 1 is 1.47 bits per heavy atom. The number of carbonyl (C=O) groups is 2. The molecule has 0 unspecified atom stereocenters. The molecule has 6 heteroatoms. The molecule has 0 saturated carbocycles. The fourth-order valence-electron chi connectivity index (χ4n) is 1.76. The average molecular weight is 280 g/mol. The molecular weight excluding hydrogens is 264 g/mol. The Kier molecular flexibility index (Phi) is 3.90. The zero-order valence-electron chi connectivity index (χ0n) is 11.1. The van der Waals surface area contributed by atoms with E-state index in [1.165, 1.54) is 11.3 Å². The van der Waals surface area contributed by atoms with Crippen LogP contribution >= 0.6 is 11.3 Å². The minimum Gasteiger partial charge on any atom is -0.459 e. The number of nitrogens with zero attached hydrogens (tertiary/aromatic N) is 1. The van der Waals surface area contributed by atoms with Crippen molar-refractivity contribution in [1.82, 2.24) is 9.72 Å². The number of thiazole rings is 1. The first-order chi connectivity index (χ1) is 9.02. The summed E-state index contributed by atoms with van der Waals surface area (Å²) in [5.41, 5.74) is 1.41. The fraction of sp³-hybridized carbons (Fsp3) is 0.385. The number of likely N-dealkylation sites (N-methyl/N-ethyl adjacent to an activating group) is 1. The maximum Gasteiger partial charge on any atom is 0.341 e. The molecule has 0 saturated heterocycles. The van der Waals surface area contributed by atoms with E-state index in [4.69, 9.17) is 4.74 Å². The van der Waals surface area contributed by atoms with Gasteiger partial charge in [-0.3, -0.25) is 4.79 Å². The SMILES string of the molecule is CNC(=O)Cc1csc2c(C(=O)OC(C)C)ccn12. The second-order valence-electron chi connectivity index (χ2n) is 4.44. The summed E-state index contributed by atoms with van der Waals surface area (Å²) in [6, 6.07) is 1.73. The van der Waals surface area contributed by atoms with Crippen molar-refractivity contribution >= 4 is 28.0 Å². The van der Waals surface area contributed by atoms with Crippen molar-refractivity contribution in [2.24, 2.45) is 0 Å². The van der Waals surface area contributed by atoms with E-state index in [1.807, 2.05) is 23.6 Å². The summed E-state index contributed by atoms with van der Waals surface area (Å²) < 4.78 is 7.05. The topological polar surface area (TPSA) is 59.8 Å². The number of fused-ring (bicyclic) bond motifs is 1. The lowest BCUT2D eigenvalue weighted by atomic mass is 10.3. The van der Waals surface area contributed by atoms with Gasteiger partial charge in [-0.2, -0.15) is 0 Å². The van der Waals surface area contributed by atoms with Gasteiger partial charge in [-0.1, -0.05) is 0 Å². The molecule has 1 amide bonds. The van der Waals surface area contributed by atoms with E-state index < -0.39 is 0 Å². The van der Waals surface area contributed by atoms with Gasteiger partial charge in [-0.15, -0.1) is 11.3 Å². The van der Waals surface area contributed by atoms with Crippen LogP contribution in [-0.4, -0.2) is 29.4 Å². The summed E-state index contributed by atoms with van der Waals surface area (Å²) >= 11 is 1.44. The van der Waals surface area contributed by atoms with E-state index in [9.17, 15) is 9.59 Å². The first-order valence-corrected chi connectivity index (χ1v) is 6.90. The third-order valence-electron chi connectivity index (χ3n) is 2.64. The highest BCUT2D eigenvalue weighted by atomic mass is 32.1. The number of amides is 1. The maximum atomic E-state index is 11.9. The van der Waals surface area contributed by atoms with Gasteiger partial charge in [-0.05, 0) is 19.9 Å². The highest BCUT2D eigenvalue weighted by Crippen LogP contribution is 2.23. The molecule has 2 aromatic heterocycles. The van der Waals surface area contributed by atoms with Gasteiger partial charge < -0.3 is 14.5 Å². The molecule has 0 aliphatic carbocycles. The van der Waals surface area contributed by atoms with E-state index in [-0.39, 0.29) is 18.0 Å². The predicted octanol–water partition coefficient (Wildman–Crippen LogP) is 1.85. The van der Waals surface area contributed by atoms with Gasteiger partial charge in [0.1, 0.15) is 4.83 Å². The fourth-order valence-corrected chi connectivity index (χ4v) is 2.77. The zero-order chi connectivity index (χ0) is 14.0. The Morgan fingerprint density at radius 3 is 2.84 bits per heavy atom. The van der Waals surface area contributed by atoms with Crippen molar-refractivity contribution in [2.45, 2.75) is 26.4 Å². The Labute approximate surface area is 115 Å². The number of rotatable bonds is 4. The van der Waals surface area contributed by atoms with Gasteiger partial charge in [0.25, 0.3) is 0 Å². The minimum atomic E-state index is -0.328. The van der Waals surface area contributed by atoms with Crippen molar-refractivity contribution < 1.29 is 14.3 Å². The summed E-state index contributed by atoms with van der Waals surface area (Å²) in [4.78, 5) is 24.1. The highest BCUT2D eigenvalue weighted by Gasteiger charge is 2.17. The molecule has 2 aromatic rings. The normalized spacial score (nSPS) is 10.9. The third kappa shape index (κ3) is 2.78. The third-order valence-corrected chi connectivity index (χ3v) is 3.67. The molecule has 2 rings (SSSR count).